The van der Waals surface area contributed by atoms with Crippen molar-refractivity contribution in [3.05, 3.63) is 78.8 Å². The van der Waals surface area contributed by atoms with Gasteiger partial charge in [0.1, 0.15) is 0 Å². The molecule has 0 bridgehead atoms. The molecule has 0 aliphatic carbocycles. The Morgan fingerprint density at radius 2 is 1.76 bits per heavy atom. The molecule has 2 aromatic carbocycles. The van der Waals surface area contributed by atoms with Gasteiger partial charge in [0.25, 0.3) is 11.4 Å². The van der Waals surface area contributed by atoms with Gasteiger partial charge in [-0.25, -0.2) is 0 Å². The van der Waals surface area contributed by atoms with E-state index in [0.717, 1.165) is 0 Å². The molecule has 2 rings (SSSR count). The summed E-state index contributed by atoms with van der Waals surface area (Å²) in [5.41, 5.74) is 0.473. The third kappa shape index (κ3) is 4.51. The number of nitro benzene ring substituents is 2. The summed E-state index contributed by atoms with van der Waals surface area (Å²) >= 11 is 6.03. The third-order valence-electron chi connectivity index (χ3n) is 3.60. The molecular weight excluding hydrogens is 350 g/mol. The number of carbonyl (C=O) groups is 1. The van der Waals surface area contributed by atoms with E-state index in [4.69, 9.17) is 11.6 Å². The van der Waals surface area contributed by atoms with E-state index in [1.165, 1.54) is 48.3 Å². The summed E-state index contributed by atoms with van der Waals surface area (Å²) in [7, 11) is 1.51. The van der Waals surface area contributed by atoms with Crippen LogP contribution < -0.4 is 0 Å². The zero-order valence-electron chi connectivity index (χ0n) is 13.2. The second-order valence-corrected chi connectivity index (χ2v) is 5.75. The summed E-state index contributed by atoms with van der Waals surface area (Å²) in [5, 5.41) is 22.2. The van der Waals surface area contributed by atoms with Gasteiger partial charge in [-0.2, -0.15) is 0 Å². The van der Waals surface area contributed by atoms with E-state index in [2.05, 4.69) is 0 Å². The molecule has 0 spiro atoms. The number of nitrogens with zero attached hydrogens (tertiary/aromatic N) is 3. The van der Waals surface area contributed by atoms with Crippen LogP contribution in [0, 0.1) is 20.2 Å². The summed E-state index contributed by atoms with van der Waals surface area (Å²) in [6.45, 7) is 0.0555. The molecule has 0 unspecified atom stereocenters. The normalized spacial score (nSPS) is 10.3. The summed E-state index contributed by atoms with van der Waals surface area (Å²) in [6.07, 6.45) is -0.153. The Labute approximate surface area is 147 Å². The van der Waals surface area contributed by atoms with E-state index in [1.54, 1.807) is 6.07 Å². The number of para-hydroxylation sites is 1. The molecule has 0 saturated heterocycles. The molecule has 1 amide bonds. The van der Waals surface area contributed by atoms with Crippen molar-refractivity contribution in [2.45, 2.75) is 13.0 Å². The molecular formula is C16H14ClN3O5. The lowest BCUT2D eigenvalue weighted by atomic mass is 10.1. The Balaban J connectivity index is 2.15. The van der Waals surface area contributed by atoms with Crippen LogP contribution in [0.3, 0.4) is 0 Å². The second kappa shape index (κ2) is 7.71. The lowest BCUT2D eigenvalue weighted by molar-refractivity contribution is -0.385. The summed E-state index contributed by atoms with van der Waals surface area (Å²) in [4.78, 5) is 34.4. The third-order valence-corrected chi connectivity index (χ3v) is 3.97. The van der Waals surface area contributed by atoms with Crippen molar-refractivity contribution < 1.29 is 14.6 Å². The van der Waals surface area contributed by atoms with E-state index in [1.807, 2.05) is 0 Å². The molecule has 0 saturated carbocycles. The van der Waals surface area contributed by atoms with Gasteiger partial charge in [0.05, 0.1) is 16.3 Å². The number of carbonyl (C=O) groups excluding carboxylic acids is 1. The van der Waals surface area contributed by atoms with Crippen LogP contribution in [0.25, 0.3) is 0 Å². The van der Waals surface area contributed by atoms with Crippen molar-refractivity contribution >= 4 is 28.9 Å². The number of benzene rings is 2. The molecule has 0 radical (unpaired) electrons. The standard InChI is InChI=1S/C16H14ClN3O5/c1-18(10-12-8-13(19(22)23)6-7-14(12)17)16(21)9-11-4-2-3-5-15(11)20(24)25/h2-8H,9-10H2,1H3. The van der Waals surface area contributed by atoms with Crippen LogP contribution in [-0.4, -0.2) is 27.7 Å². The Kier molecular flexibility index (Phi) is 5.66. The Hall–Kier alpha value is -3.00. The minimum atomic E-state index is -0.547. The van der Waals surface area contributed by atoms with Gasteiger partial charge >= 0.3 is 0 Å². The van der Waals surface area contributed by atoms with Crippen molar-refractivity contribution in [3.63, 3.8) is 0 Å². The number of hydrogen-bond donors (Lipinski definition) is 0. The molecule has 0 aromatic heterocycles. The van der Waals surface area contributed by atoms with Gasteiger partial charge in [-0.05, 0) is 11.6 Å². The average Bonchev–Trinajstić information content (AvgIpc) is 2.56. The maximum absolute atomic E-state index is 12.3. The molecule has 0 atom stereocenters. The van der Waals surface area contributed by atoms with E-state index in [-0.39, 0.29) is 30.2 Å². The quantitative estimate of drug-likeness (QED) is 0.577. The van der Waals surface area contributed by atoms with E-state index >= 15 is 0 Å². The fraction of sp³-hybridized carbons (Fsp3) is 0.188. The van der Waals surface area contributed by atoms with Crippen molar-refractivity contribution in [1.82, 2.24) is 4.90 Å². The van der Waals surface area contributed by atoms with Gasteiger partial charge in [0.15, 0.2) is 0 Å². The van der Waals surface area contributed by atoms with Crippen molar-refractivity contribution in [1.29, 1.82) is 0 Å². The van der Waals surface area contributed by atoms with Gasteiger partial charge in [0.2, 0.25) is 5.91 Å². The van der Waals surface area contributed by atoms with Gasteiger partial charge in [0, 0.05) is 42.4 Å². The van der Waals surface area contributed by atoms with Gasteiger partial charge in [-0.1, -0.05) is 29.8 Å². The number of likely N-dealkylation sites (N-methyl/N-ethyl adjacent to an activating group) is 1. The fourth-order valence-electron chi connectivity index (χ4n) is 2.28. The Morgan fingerprint density at radius 3 is 2.40 bits per heavy atom. The number of non-ortho nitro benzene ring substituents is 1. The van der Waals surface area contributed by atoms with Crippen molar-refractivity contribution in [2.24, 2.45) is 0 Å². The topological polar surface area (TPSA) is 107 Å². The van der Waals surface area contributed by atoms with Crippen molar-refractivity contribution in [2.75, 3.05) is 7.05 Å². The fourth-order valence-corrected chi connectivity index (χ4v) is 2.45. The molecule has 25 heavy (non-hydrogen) atoms. The lowest BCUT2D eigenvalue weighted by Crippen LogP contribution is -2.28. The first kappa shape index (κ1) is 18.3. The first-order chi connectivity index (χ1) is 11.8. The Morgan fingerprint density at radius 1 is 1.08 bits per heavy atom. The molecule has 9 heteroatoms. The van der Waals surface area contributed by atoms with Crippen molar-refractivity contribution in [3.8, 4) is 0 Å². The molecule has 2 aromatic rings. The lowest BCUT2D eigenvalue weighted by Gasteiger charge is -2.18. The van der Waals surface area contributed by atoms with Crippen LogP contribution in [0.2, 0.25) is 5.02 Å². The monoisotopic (exact) mass is 363 g/mol. The van der Waals surface area contributed by atoms with Crippen LogP contribution in [0.15, 0.2) is 42.5 Å². The zero-order valence-corrected chi connectivity index (χ0v) is 14.0. The minimum Gasteiger partial charge on any atom is -0.341 e. The highest BCUT2D eigenvalue weighted by Crippen LogP contribution is 2.24. The number of halogens is 1. The summed E-state index contributed by atoms with van der Waals surface area (Å²) < 4.78 is 0. The van der Waals surface area contributed by atoms with E-state index < -0.39 is 9.85 Å². The van der Waals surface area contributed by atoms with Gasteiger partial charge < -0.3 is 4.90 Å². The van der Waals surface area contributed by atoms with E-state index in [9.17, 15) is 25.0 Å². The second-order valence-electron chi connectivity index (χ2n) is 5.35. The highest BCUT2D eigenvalue weighted by Gasteiger charge is 2.19. The van der Waals surface area contributed by atoms with Crippen LogP contribution in [0.1, 0.15) is 11.1 Å². The Bertz CT molecular complexity index is 840. The SMILES string of the molecule is CN(Cc1cc([N+](=O)[O-])ccc1Cl)C(=O)Cc1ccccc1[N+](=O)[O-]. The van der Waals surface area contributed by atoms with Gasteiger partial charge in [-0.3, -0.25) is 25.0 Å². The largest absolute Gasteiger partial charge is 0.341 e. The highest BCUT2D eigenvalue weighted by atomic mass is 35.5. The van der Waals surface area contributed by atoms with E-state index in [0.29, 0.717) is 16.1 Å². The number of hydrogen-bond acceptors (Lipinski definition) is 5. The van der Waals surface area contributed by atoms with Crippen LogP contribution in [0.5, 0.6) is 0 Å². The summed E-state index contributed by atoms with van der Waals surface area (Å²) in [6, 6.07) is 9.98. The maximum atomic E-state index is 12.3. The molecule has 8 nitrogen and oxygen atoms in total. The smallest absolute Gasteiger partial charge is 0.273 e. The predicted octanol–water partition coefficient (Wildman–Crippen LogP) is 3.36. The molecule has 0 fully saturated rings. The minimum absolute atomic E-state index is 0.0555. The first-order valence-electron chi connectivity index (χ1n) is 7.18. The summed E-state index contributed by atoms with van der Waals surface area (Å²) in [5.74, 6) is -0.364. The molecule has 0 heterocycles. The zero-order chi connectivity index (χ0) is 18.6. The highest BCUT2D eigenvalue weighted by molar-refractivity contribution is 6.31. The molecule has 130 valence electrons. The average molecular weight is 364 g/mol. The molecule has 0 aliphatic rings. The number of nitro groups is 2. The van der Waals surface area contributed by atoms with Crippen LogP contribution >= 0.6 is 11.6 Å². The number of amides is 1. The van der Waals surface area contributed by atoms with Crippen LogP contribution in [0.4, 0.5) is 11.4 Å². The predicted molar refractivity (Wildman–Crippen MR) is 91.4 cm³/mol. The van der Waals surface area contributed by atoms with Crippen LogP contribution in [-0.2, 0) is 17.8 Å². The molecule has 0 N–H and O–H groups in total. The maximum Gasteiger partial charge on any atom is 0.273 e. The number of rotatable bonds is 6. The van der Waals surface area contributed by atoms with Gasteiger partial charge in [-0.15, -0.1) is 0 Å². The molecule has 0 aliphatic heterocycles. The first-order valence-corrected chi connectivity index (χ1v) is 7.56.